The van der Waals surface area contributed by atoms with Crippen molar-refractivity contribution in [2.75, 3.05) is 7.11 Å². The highest BCUT2D eigenvalue weighted by Crippen LogP contribution is 2.38. The molecule has 7 nitrogen and oxygen atoms in total. The minimum Gasteiger partial charge on any atom is -0.496 e. The van der Waals surface area contributed by atoms with Crippen LogP contribution in [-0.2, 0) is 0 Å². The highest BCUT2D eigenvalue weighted by molar-refractivity contribution is 9.10. The lowest BCUT2D eigenvalue weighted by Gasteiger charge is -2.22. The first-order chi connectivity index (χ1) is 14.6. The zero-order chi connectivity index (χ0) is 20.7. The predicted octanol–water partition coefficient (Wildman–Crippen LogP) is 4.92. The molecule has 0 aliphatic carbocycles. The molecular formula is C22H17BrN4O3. The first kappa shape index (κ1) is 18.6. The lowest BCUT2D eigenvalue weighted by molar-refractivity contribution is 0.0675. The standard InChI is InChI=1S/C22H17BrN4O3/c1-29-18-9-5-2-6-13(18)17-12-16(21-24-14-7-3-4-8-15(14)25-21)26-27(17)22(28)19-10-11-20(23)30-19/h2-11,17H,12H2,1H3,(H,24,25)/t17-/m0/s1. The Balaban J connectivity index is 1.58. The average Bonchev–Trinajstić information content (AvgIpc) is 3.50. The van der Waals surface area contributed by atoms with E-state index in [1.54, 1.807) is 19.2 Å². The average molecular weight is 465 g/mol. The van der Waals surface area contributed by atoms with E-state index in [2.05, 4.69) is 31.0 Å². The van der Waals surface area contributed by atoms with Crippen molar-refractivity contribution in [3.63, 3.8) is 0 Å². The second-order valence-corrected chi connectivity index (χ2v) is 7.65. The molecule has 0 bridgehead atoms. The molecule has 150 valence electrons. The van der Waals surface area contributed by atoms with Gasteiger partial charge in [-0.1, -0.05) is 30.3 Å². The predicted molar refractivity (Wildman–Crippen MR) is 116 cm³/mol. The quantitative estimate of drug-likeness (QED) is 0.464. The monoisotopic (exact) mass is 464 g/mol. The molecule has 0 saturated carbocycles. The van der Waals surface area contributed by atoms with Gasteiger partial charge in [0.15, 0.2) is 16.3 Å². The fourth-order valence-corrected chi connectivity index (χ4v) is 3.96. The van der Waals surface area contributed by atoms with Gasteiger partial charge in [-0.3, -0.25) is 4.79 Å². The number of ether oxygens (including phenoxy) is 1. The number of fused-ring (bicyclic) bond motifs is 1. The number of nitrogens with one attached hydrogen (secondary N) is 1. The summed E-state index contributed by atoms with van der Waals surface area (Å²) < 4.78 is 11.5. The number of H-pyrrole nitrogens is 1. The van der Waals surface area contributed by atoms with Gasteiger partial charge in [0, 0.05) is 12.0 Å². The third-order valence-corrected chi connectivity index (χ3v) is 5.49. The molecule has 0 spiro atoms. The van der Waals surface area contributed by atoms with E-state index in [1.165, 1.54) is 5.01 Å². The molecule has 4 aromatic rings. The number of hydrazone groups is 1. The molecule has 2 aromatic carbocycles. The van der Waals surface area contributed by atoms with E-state index in [9.17, 15) is 4.79 Å². The number of imidazole rings is 1. The molecule has 1 aliphatic heterocycles. The van der Waals surface area contributed by atoms with Crippen LogP contribution in [0.25, 0.3) is 11.0 Å². The number of hydrogen-bond donors (Lipinski definition) is 1. The largest absolute Gasteiger partial charge is 0.496 e. The third-order valence-electron chi connectivity index (χ3n) is 5.06. The number of halogens is 1. The molecule has 2 aromatic heterocycles. The lowest BCUT2D eigenvalue weighted by atomic mass is 10.0. The Morgan fingerprint density at radius 1 is 1.17 bits per heavy atom. The van der Waals surface area contributed by atoms with Gasteiger partial charge >= 0.3 is 5.91 Å². The Labute approximate surface area is 180 Å². The van der Waals surface area contributed by atoms with E-state index in [0.717, 1.165) is 16.6 Å². The summed E-state index contributed by atoms with van der Waals surface area (Å²) in [5.74, 6) is 1.22. The summed E-state index contributed by atoms with van der Waals surface area (Å²) in [5.41, 5.74) is 3.34. The first-order valence-electron chi connectivity index (χ1n) is 9.38. The number of furan rings is 1. The van der Waals surface area contributed by atoms with Gasteiger partial charge in [-0.15, -0.1) is 0 Å². The number of nitrogens with zero attached hydrogens (tertiary/aromatic N) is 3. The van der Waals surface area contributed by atoms with Crippen LogP contribution >= 0.6 is 15.9 Å². The molecule has 8 heteroatoms. The molecule has 0 unspecified atom stereocenters. The van der Waals surface area contributed by atoms with E-state index in [0.29, 0.717) is 28.4 Å². The zero-order valence-electron chi connectivity index (χ0n) is 16.0. The molecule has 1 aliphatic rings. The molecule has 5 rings (SSSR count). The summed E-state index contributed by atoms with van der Waals surface area (Å²) >= 11 is 3.25. The Bertz CT molecular complexity index is 1240. The van der Waals surface area contributed by atoms with Crippen LogP contribution in [0.15, 0.2) is 74.9 Å². The van der Waals surface area contributed by atoms with Crippen LogP contribution in [0, 0.1) is 0 Å². The van der Waals surface area contributed by atoms with Crippen molar-refractivity contribution in [1.82, 2.24) is 15.0 Å². The molecule has 30 heavy (non-hydrogen) atoms. The molecule has 1 N–H and O–H groups in total. The highest BCUT2D eigenvalue weighted by Gasteiger charge is 2.37. The zero-order valence-corrected chi connectivity index (χ0v) is 17.6. The molecule has 1 amide bonds. The second-order valence-electron chi connectivity index (χ2n) is 6.86. The van der Waals surface area contributed by atoms with Crippen molar-refractivity contribution in [1.29, 1.82) is 0 Å². The minimum atomic E-state index is -0.347. The van der Waals surface area contributed by atoms with Gasteiger partial charge in [0.25, 0.3) is 0 Å². The lowest BCUT2D eigenvalue weighted by Crippen LogP contribution is -2.27. The van der Waals surface area contributed by atoms with Crippen LogP contribution in [-0.4, -0.2) is 33.7 Å². The third kappa shape index (κ3) is 3.19. The van der Waals surface area contributed by atoms with E-state index in [-0.39, 0.29) is 17.7 Å². The van der Waals surface area contributed by atoms with Crippen molar-refractivity contribution in [2.24, 2.45) is 5.10 Å². The van der Waals surface area contributed by atoms with Crippen molar-refractivity contribution in [3.05, 3.63) is 82.5 Å². The summed E-state index contributed by atoms with van der Waals surface area (Å²) in [6.07, 6.45) is 0.494. The van der Waals surface area contributed by atoms with Crippen molar-refractivity contribution >= 4 is 38.6 Å². The van der Waals surface area contributed by atoms with Gasteiger partial charge in [-0.05, 0) is 46.3 Å². The van der Waals surface area contributed by atoms with Crippen LogP contribution in [0.1, 0.15) is 34.4 Å². The molecule has 3 heterocycles. The smallest absolute Gasteiger partial charge is 0.310 e. The fourth-order valence-electron chi connectivity index (χ4n) is 3.66. The number of benzene rings is 2. The van der Waals surface area contributed by atoms with Crippen molar-refractivity contribution in [2.45, 2.75) is 12.5 Å². The Kier molecular flexibility index (Phi) is 4.63. The Morgan fingerprint density at radius 2 is 1.97 bits per heavy atom. The number of aromatic amines is 1. The van der Waals surface area contributed by atoms with E-state index in [1.807, 2.05) is 48.5 Å². The van der Waals surface area contributed by atoms with E-state index >= 15 is 0 Å². The summed E-state index contributed by atoms with van der Waals surface area (Å²) in [7, 11) is 1.62. The summed E-state index contributed by atoms with van der Waals surface area (Å²) in [5, 5.41) is 6.10. The minimum absolute atomic E-state index is 0.205. The summed E-state index contributed by atoms with van der Waals surface area (Å²) in [6, 6.07) is 18.4. The number of rotatable bonds is 4. The van der Waals surface area contributed by atoms with E-state index in [4.69, 9.17) is 9.15 Å². The van der Waals surface area contributed by atoms with Crippen LogP contribution in [0.5, 0.6) is 5.75 Å². The maximum atomic E-state index is 13.2. The van der Waals surface area contributed by atoms with Crippen LogP contribution in [0.3, 0.4) is 0 Å². The summed E-state index contributed by atoms with van der Waals surface area (Å²) in [6.45, 7) is 0. The molecule has 0 fully saturated rings. The second kappa shape index (κ2) is 7.46. The SMILES string of the molecule is COc1ccccc1[C@@H]1CC(c2nc3ccccc3[nH]2)=NN1C(=O)c1ccc(Br)o1. The number of carbonyl (C=O) groups excluding carboxylic acids is 1. The molecule has 0 saturated heterocycles. The van der Waals surface area contributed by atoms with Crippen molar-refractivity contribution < 1.29 is 13.9 Å². The van der Waals surface area contributed by atoms with Gasteiger partial charge in [0.05, 0.1) is 24.2 Å². The van der Waals surface area contributed by atoms with Crippen LogP contribution < -0.4 is 4.74 Å². The van der Waals surface area contributed by atoms with Gasteiger partial charge in [0.1, 0.15) is 11.5 Å². The maximum absolute atomic E-state index is 13.2. The number of amides is 1. The van der Waals surface area contributed by atoms with Gasteiger partial charge in [0.2, 0.25) is 0 Å². The number of para-hydroxylation sites is 3. The van der Waals surface area contributed by atoms with Gasteiger partial charge in [-0.2, -0.15) is 5.10 Å². The Hall–Kier alpha value is -3.39. The number of methoxy groups -OCH3 is 1. The maximum Gasteiger partial charge on any atom is 0.310 e. The Morgan fingerprint density at radius 3 is 2.73 bits per heavy atom. The fraction of sp³-hybridized carbons (Fsp3) is 0.136. The van der Waals surface area contributed by atoms with Gasteiger partial charge < -0.3 is 14.1 Å². The van der Waals surface area contributed by atoms with Crippen LogP contribution in [0.2, 0.25) is 0 Å². The first-order valence-corrected chi connectivity index (χ1v) is 10.2. The highest BCUT2D eigenvalue weighted by atomic mass is 79.9. The number of aromatic nitrogens is 2. The van der Waals surface area contributed by atoms with Gasteiger partial charge in [-0.25, -0.2) is 9.99 Å². The molecule has 0 radical (unpaired) electrons. The van der Waals surface area contributed by atoms with E-state index < -0.39 is 0 Å². The molecular weight excluding hydrogens is 448 g/mol. The number of carbonyl (C=O) groups is 1. The summed E-state index contributed by atoms with van der Waals surface area (Å²) in [4.78, 5) is 21.2. The molecule has 1 atom stereocenters. The van der Waals surface area contributed by atoms with Crippen LogP contribution in [0.4, 0.5) is 0 Å². The normalized spacial score (nSPS) is 16.1. The van der Waals surface area contributed by atoms with Crippen molar-refractivity contribution in [3.8, 4) is 5.75 Å². The topological polar surface area (TPSA) is 83.7 Å². The number of hydrogen-bond acceptors (Lipinski definition) is 5.